The zero-order valence-corrected chi connectivity index (χ0v) is 16.2. The number of hydrogen-bond acceptors (Lipinski definition) is 6. The second kappa shape index (κ2) is 9.42. The lowest BCUT2D eigenvalue weighted by Gasteiger charge is -2.23. The number of para-hydroxylation sites is 1. The maximum atomic E-state index is 13.3. The van der Waals surface area contributed by atoms with E-state index in [1.54, 1.807) is 61.8 Å². The number of aromatic nitrogens is 1. The van der Waals surface area contributed by atoms with Crippen LogP contribution >= 0.6 is 0 Å². The van der Waals surface area contributed by atoms with Crippen LogP contribution in [0, 0.1) is 10.1 Å². The van der Waals surface area contributed by atoms with E-state index in [0.29, 0.717) is 11.3 Å². The Balaban J connectivity index is 2.00. The van der Waals surface area contributed by atoms with Crippen molar-refractivity contribution in [3.05, 3.63) is 99.9 Å². The second-order valence-electron chi connectivity index (χ2n) is 6.29. The predicted octanol–water partition coefficient (Wildman–Crippen LogP) is 4.01. The number of esters is 1. The molecule has 0 radical (unpaired) electrons. The highest BCUT2D eigenvalue weighted by atomic mass is 16.6. The fraction of sp³-hybridized carbons (Fsp3) is 0.136. The molecular weight excluding hydrogens is 386 g/mol. The molecule has 1 amide bonds. The van der Waals surface area contributed by atoms with E-state index in [2.05, 4.69) is 4.98 Å². The lowest BCUT2D eigenvalue weighted by molar-refractivity contribution is -0.385. The Bertz CT molecular complexity index is 1050. The van der Waals surface area contributed by atoms with Gasteiger partial charge in [0.25, 0.3) is 11.6 Å². The van der Waals surface area contributed by atoms with Gasteiger partial charge in [-0.15, -0.1) is 0 Å². The molecule has 0 aliphatic carbocycles. The minimum Gasteiger partial charge on any atom is -0.462 e. The molecule has 1 heterocycles. The summed E-state index contributed by atoms with van der Waals surface area (Å²) in [6, 6.07) is 15.7. The maximum Gasteiger partial charge on any atom is 0.338 e. The molecule has 8 nitrogen and oxygen atoms in total. The SMILES string of the molecule is CCOC(=O)c1ccc(N(Cc2cccnc2)C(=O)c2ccccc2[N+](=O)[O-])cc1. The number of nitro benzene ring substituents is 1. The van der Waals surface area contributed by atoms with Crippen molar-refractivity contribution in [2.45, 2.75) is 13.5 Å². The van der Waals surface area contributed by atoms with Gasteiger partial charge in [-0.05, 0) is 48.9 Å². The molecule has 0 saturated heterocycles. The molecule has 8 heteroatoms. The molecule has 2 aromatic carbocycles. The molecule has 0 aliphatic rings. The van der Waals surface area contributed by atoms with Crippen LogP contribution in [0.4, 0.5) is 11.4 Å². The van der Waals surface area contributed by atoms with E-state index in [-0.39, 0.29) is 24.4 Å². The molecule has 0 atom stereocenters. The molecule has 30 heavy (non-hydrogen) atoms. The van der Waals surface area contributed by atoms with Gasteiger partial charge >= 0.3 is 5.97 Å². The minimum atomic E-state index is -0.584. The number of amides is 1. The van der Waals surface area contributed by atoms with Crippen LogP contribution in [0.25, 0.3) is 0 Å². The highest BCUT2D eigenvalue weighted by molar-refractivity contribution is 6.08. The first-order valence-electron chi connectivity index (χ1n) is 9.22. The third-order valence-electron chi connectivity index (χ3n) is 4.33. The van der Waals surface area contributed by atoms with Gasteiger partial charge in [0.05, 0.1) is 23.6 Å². The first-order chi connectivity index (χ1) is 14.5. The highest BCUT2D eigenvalue weighted by Crippen LogP contribution is 2.25. The molecule has 0 saturated carbocycles. The standard InChI is InChI=1S/C22H19N3O5/c1-2-30-22(27)17-9-11-18(12-10-17)24(15-16-6-5-13-23-14-16)21(26)19-7-3-4-8-20(19)25(28)29/h3-14H,2,15H2,1H3. The van der Waals surface area contributed by atoms with Crippen molar-refractivity contribution >= 4 is 23.3 Å². The topological polar surface area (TPSA) is 103 Å². The van der Waals surface area contributed by atoms with E-state index in [0.717, 1.165) is 5.56 Å². The zero-order valence-electron chi connectivity index (χ0n) is 16.2. The molecule has 0 aliphatic heterocycles. The first kappa shape index (κ1) is 20.7. The zero-order chi connectivity index (χ0) is 21.5. The van der Waals surface area contributed by atoms with Gasteiger partial charge in [0.1, 0.15) is 5.56 Å². The number of carbonyl (C=O) groups excluding carboxylic acids is 2. The van der Waals surface area contributed by atoms with Gasteiger partial charge in [-0.25, -0.2) is 4.79 Å². The van der Waals surface area contributed by atoms with E-state index in [1.807, 2.05) is 0 Å². The summed E-state index contributed by atoms with van der Waals surface area (Å²) in [6.07, 6.45) is 3.23. The number of nitrogens with zero attached hydrogens (tertiary/aromatic N) is 3. The lowest BCUT2D eigenvalue weighted by Crippen LogP contribution is -2.31. The molecule has 152 valence electrons. The largest absolute Gasteiger partial charge is 0.462 e. The summed E-state index contributed by atoms with van der Waals surface area (Å²) in [5.41, 5.74) is 1.27. The van der Waals surface area contributed by atoms with Gasteiger partial charge < -0.3 is 9.64 Å². The Morgan fingerprint density at radius 3 is 2.43 bits per heavy atom. The van der Waals surface area contributed by atoms with Crippen molar-refractivity contribution in [2.75, 3.05) is 11.5 Å². The third-order valence-corrected chi connectivity index (χ3v) is 4.33. The fourth-order valence-corrected chi connectivity index (χ4v) is 2.91. The van der Waals surface area contributed by atoms with Gasteiger partial charge in [0.15, 0.2) is 0 Å². The third kappa shape index (κ3) is 4.67. The number of carbonyl (C=O) groups is 2. The fourth-order valence-electron chi connectivity index (χ4n) is 2.91. The summed E-state index contributed by atoms with van der Waals surface area (Å²) in [5, 5.41) is 11.4. The van der Waals surface area contributed by atoms with Crippen molar-refractivity contribution in [2.24, 2.45) is 0 Å². The van der Waals surface area contributed by atoms with Crippen LogP contribution in [0.2, 0.25) is 0 Å². The molecule has 3 rings (SSSR count). The Kier molecular flexibility index (Phi) is 6.49. The van der Waals surface area contributed by atoms with Crippen LogP contribution in [0.3, 0.4) is 0 Å². The molecule has 0 N–H and O–H groups in total. The molecule has 0 spiro atoms. The summed E-state index contributed by atoms with van der Waals surface area (Å²) in [5.74, 6) is -0.997. The van der Waals surface area contributed by atoms with Crippen LogP contribution in [0.1, 0.15) is 33.2 Å². The van der Waals surface area contributed by atoms with Crippen LogP contribution in [0.15, 0.2) is 73.1 Å². The number of nitro groups is 1. The smallest absolute Gasteiger partial charge is 0.338 e. The lowest BCUT2D eigenvalue weighted by atomic mass is 10.1. The van der Waals surface area contributed by atoms with E-state index in [1.165, 1.54) is 23.1 Å². The van der Waals surface area contributed by atoms with Gasteiger partial charge in [-0.3, -0.25) is 19.9 Å². The van der Waals surface area contributed by atoms with E-state index in [4.69, 9.17) is 4.74 Å². The highest BCUT2D eigenvalue weighted by Gasteiger charge is 2.26. The van der Waals surface area contributed by atoms with Crippen LogP contribution in [-0.2, 0) is 11.3 Å². The second-order valence-corrected chi connectivity index (χ2v) is 6.29. The molecule has 1 aromatic heterocycles. The molecule has 0 bridgehead atoms. The monoisotopic (exact) mass is 405 g/mol. The normalized spacial score (nSPS) is 10.3. The molecule has 0 fully saturated rings. The van der Waals surface area contributed by atoms with Gasteiger partial charge in [0, 0.05) is 24.1 Å². The molecular formula is C22H19N3O5. The Labute approximate surface area is 172 Å². The van der Waals surface area contributed by atoms with Crippen LogP contribution in [0.5, 0.6) is 0 Å². The Hall–Kier alpha value is -4.07. The summed E-state index contributed by atoms with van der Waals surface area (Å²) >= 11 is 0. The minimum absolute atomic E-state index is 0.0270. The Morgan fingerprint density at radius 2 is 1.80 bits per heavy atom. The quantitative estimate of drug-likeness (QED) is 0.334. The van der Waals surface area contributed by atoms with E-state index < -0.39 is 16.8 Å². The first-order valence-corrected chi connectivity index (χ1v) is 9.22. The summed E-state index contributed by atoms with van der Waals surface area (Å²) < 4.78 is 4.98. The van der Waals surface area contributed by atoms with Gasteiger partial charge in [-0.2, -0.15) is 0 Å². The van der Waals surface area contributed by atoms with Crippen LogP contribution in [-0.4, -0.2) is 28.4 Å². The number of pyridine rings is 1. The number of hydrogen-bond donors (Lipinski definition) is 0. The van der Waals surface area contributed by atoms with Crippen molar-refractivity contribution in [3.8, 4) is 0 Å². The van der Waals surface area contributed by atoms with Crippen molar-refractivity contribution < 1.29 is 19.2 Å². The van der Waals surface area contributed by atoms with Crippen molar-refractivity contribution in [3.63, 3.8) is 0 Å². The van der Waals surface area contributed by atoms with E-state index >= 15 is 0 Å². The summed E-state index contributed by atoms with van der Waals surface area (Å²) in [4.78, 5) is 41.5. The van der Waals surface area contributed by atoms with Crippen molar-refractivity contribution in [1.82, 2.24) is 4.98 Å². The van der Waals surface area contributed by atoms with Gasteiger partial charge in [0.2, 0.25) is 0 Å². The summed E-state index contributed by atoms with van der Waals surface area (Å²) in [7, 11) is 0. The van der Waals surface area contributed by atoms with E-state index in [9.17, 15) is 19.7 Å². The maximum absolute atomic E-state index is 13.3. The van der Waals surface area contributed by atoms with Gasteiger partial charge in [-0.1, -0.05) is 18.2 Å². The molecule has 0 unspecified atom stereocenters. The molecule has 3 aromatic rings. The Morgan fingerprint density at radius 1 is 1.07 bits per heavy atom. The number of rotatable bonds is 7. The van der Waals surface area contributed by atoms with Crippen molar-refractivity contribution in [1.29, 1.82) is 0 Å². The number of ether oxygens (including phenoxy) is 1. The van der Waals surface area contributed by atoms with Crippen LogP contribution < -0.4 is 4.90 Å². The predicted molar refractivity (Wildman–Crippen MR) is 110 cm³/mol. The average Bonchev–Trinajstić information content (AvgIpc) is 2.78. The summed E-state index contributed by atoms with van der Waals surface area (Å²) in [6.45, 7) is 2.12. The number of anilines is 1. The average molecular weight is 405 g/mol. The number of benzene rings is 2.